The Bertz CT molecular complexity index is 225. The van der Waals surface area contributed by atoms with Crippen LogP contribution >= 0.6 is 0 Å². The standard InChI is InChI=1S/C13H27N3O/c1-4-16(11-13(17)15(2)3)10-6-8-12-7-5-9-14-12/h12,14H,4-11H2,1-3H3. The fourth-order valence-corrected chi connectivity index (χ4v) is 2.25. The van der Waals surface area contributed by atoms with Crippen LogP contribution in [-0.2, 0) is 4.79 Å². The van der Waals surface area contributed by atoms with Crippen LogP contribution < -0.4 is 5.32 Å². The van der Waals surface area contributed by atoms with E-state index in [1.807, 2.05) is 14.1 Å². The Kier molecular flexibility index (Phi) is 6.52. The molecule has 0 aromatic heterocycles. The molecule has 4 heteroatoms. The zero-order valence-corrected chi connectivity index (χ0v) is 11.5. The quantitative estimate of drug-likeness (QED) is 0.720. The van der Waals surface area contributed by atoms with Gasteiger partial charge in [-0.05, 0) is 45.3 Å². The summed E-state index contributed by atoms with van der Waals surface area (Å²) in [5, 5.41) is 3.51. The molecule has 0 aromatic rings. The van der Waals surface area contributed by atoms with E-state index in [4.69, 9.17) is 0 Å². The predicted octanol–water partition coefficient (Wildman–Crippen LogP) is 0.929. The van der Waals surface area contributed by atoms with Crippen molar-refractivity contribution in [3.8, 4) is 0 Å². The number of amides is 1. The summed E-state index contributed by atoms with van der Waals surface area (Å²) in [5.74, 6) is 0.200. The molecule has 1 amide bonds. The van der Waals surface area contributed by atoms with Gasteiger partial charge in [0.1, 0.15) is 0 Å². The summed E-state index contributed by atoms with van der Waals surface area (Å²) < 4.78 is 0. The van der Waals surface area contributed by atoms with E-state index >= 15 is 0 Å². The number of rotatable bonds is 7. The van der Waals surface area contributed by atoms with E-state index in [9.17, 15) is 4.79 Å². The third kappa shape index (κ3) is 5.50. The molecule has 4 nitrogen and oxygen atoms in total. The average Bonchev–Trinajstić information content (AvgIpc) is 2.80. The highest BCUT2D eigenvalue weighted by atomic mass is 16.2. The smallest absolute Gasteiger partial charge is 0.236 e. The molecule has 1 atom stereocenters. The number of nitrogens with one attached hydrogen (secondary N) is 1. The lowest BCUT2D eigenvalue weighted by Crippen LogP contribution is -2.37. The molecule has 0 radical (unpaired) electrons. The van der Waals surface area contributed by atoms with Gasteiger partial charge in [-0.1, -0.05) is 6.92 Å². The summed E-state index contributed by atoms with van der Waals surface area (Å²) in [6, 6.07) is 0.721. The van der Waals surface area contributed by atoms with E-state index < -0.39 is 0 Å². The molecule has 0 bridgehead atoms. The topological polar surface area (TPSA) is 35.6 Å². The Balaban J connectivity index is 2.15. The maximum Gasteiger partial charge on any atom is 0.236 e. The molecule has 100 valence electrons. The monoisotopic (exact) mass is 241 g/mol. The van der Waals surface area contributed by atoms with Gasteiger partial charge in [-0.25, -0.2) is 0 Å². The van der Waals surface area contributed by atoms with Crippen LogP contribution in [0.25, 0.3) is 0 Å². The van der Waals surface area contributed by atoms with Gasteiger partial charge in [0.25, 0.3) is 0 Å². The van der Waals surface area contributed by atoms with Crippen molar-refractivity contribution >= 4 is 5.91 Å². The molecule has 0 aromatic carbocycles. The first-order chi connectivity index (χ1) is 8.13. The minimum Gasteiger partial charge on any atom is -0.348 e. The van der Waals surface area contributed by atoms with Gasteiger partial charge in [0.2, 0.25) is 5.91 Å². The highest BCUT2D eigenvalue weighted by molar-refractivity contribution is 5.77. The Morgan fingerprint density at radius 2 is 2.18 bits per heavy atom. The second kappa shape index (κ2) is 7.67. The van der Waals surface area contributed by atoms with Crippen LogP contribution in [0, 0.1) is 0 Å². The van der Waals surface area contributed by atoms with Crippen molar-refractivity contribution < 1.29 is 4.79 Å². The Hall–Kier alpha value is -0.610. The Morgan fingerprint density at radius 1 is 1.41 bits per heavy atom. The van der Waals surface area contributed by atoms with Gasteiger partial charge >= 0.3 is 0 Å². The van der Waals surface area contributed by atoms with Gasteiger partial charge < -0.3 is 10.2 Å². The van der Waals surface area contributed by atoms with Gasteiger partial charge in [-0.15, -0.1) is 0 Å². The van der Waals surface area contributed by atoms with Gasteiger partial charge in [-0.2, -0.15) is 0 Å². The Morgan fingerprint density at radius 3 is 2.71 bits per heavy atom. The fourth-order valence-electron chi connectivity index (χ4n) is 2.25. The van der Waals surface area contributed by atoms with E-state index in [1.165, 1.54) is 32.2 Å². The first-order valence-electron chi connectivity index (χ1n) is 6.79. The third-order valence-corrected chi connectivity index (χ3v) is 3.49. The van der Waals surface area contributed by atoms with Crippen LogP contribution in [-0.4, -0.2) is 62.0 Å². The third-order valence-electron chi connectivity index (χ3n) is 3.49. The van der Waals surface area contributed by atoms with E-state index in [0.29, 0.717) is 6.54 Å². The zero-order chi connectivity index (χ0) is 12.7. The number of carbonyl (C=O) groups excluding carboxylic acids is 1. The molecule has 17 heavy (non-hydrogen) atoms. The summed E-state index contributed by atoms with van der Waals surface area (Å²) in [4.78, 5) is 15.5. The largest absolute Gasteiger partial charge is 0.348 e. The molecule has 0 aliphatic carbocycles. The van der Waals surface area contributed by atoms with Crippen molar-refractivity contribution in [2.24, 2.45) is 0 Å². The first-order valence-corrected chi connectivity index (χ1v) is 6.79. The molecule has 0 spiro atoms. The minimum absolute atomic E-state index is 0.200. The molecule has 1 heterocycles. The molecule has 1 unspecified atom stereocenters. The lowest BCUT2D eigenvalue weighted by Gasteiger charge is -2.22. The zero-order valence-electron chi connectivity index (χ0n) is 11.5. The van der Waals surface area contributed by atoms with Crippen molar-refractivity contribution in [1.82, 2.24) is 15.1 Å². The highest BCUT2D eigenvalue weighted by Crippen LogP contribution is 2.11. The van der Waals surface area contributed by atoms with E-state index in [1.54, 1.807) is 4.90 Å². The van der Waals surface area contributed by atoms with Crippen molar-refractivity contribution in [2.45, 2.75) is 38.6 Å². The lowest BCUT2D eigenvalue weighted by molar-refractivity contribution is -0.129. The summed E-state index contributed by atoms with van der Waals surface area (Å²) in [6.07, 6.45) is 5.07. The van der Waals surface area contributed by atoms with E-state index in [2.05, 4.69) is 17.1 Å². The van der Waals surface area contributed by atoms with Crippen molar-refractivity contribution in [3.05, 3.63) is 0 Å². The van der Waals surface area contributed by atoms with Gasteiger partial charge in [-0.3, -0.25) is 9.69 Å². The predicted molar refractivity (Wildman–Crippen MR) is 71.1 cm³/mol. The number of nitrogens with zero attached hydrogens (tertiary/aromatic N) is 2. The molecule has 0 saturated carbocycles. The van der Waals surface area contributed by atoms with Crippen LogP contribution in [0.4, 0.5) is 0 Å². The number of hydrogen-bond donors (Lipinski definition) is 1. The SMILES string of the molecule is CCN(CCCC1CCCN1)CC(=O)N(C)C. The molecular formula is C13H27N3O. The van der Waals surface area contributed by atoms with Crippen LogP contribution in [0.5, 0.6) is 0 Å². The molecule has 1 fully saturated rings. The van der Waals surface area contributed by atoms with Crippen LogP contribution in [0.2, 0.25) is 0 Å². The summed E-state index contributed by atoms with van der Waals surface area (Å²) in [6.45, 7) is 5.85. The molecule has 1 saturated heterocycles. The lowest BCUT2D eigenvalue weighted by atomic mass is 10.1. The summed E-state index contributed by atoms with van der Waals surface area (Å²) >= 11 is 0. The van der Waals surface area contributed by atoms with Crippen molar-refractivity contribution in [2.75, 3.05) is 40.3 Å². The minimum atomic E-state index is 0.200. The maximum absolute atomic E-state index is 11.6. The van der Waals surface area contributed by atoms with E-state index in [0.717, 1.165) is 19.1 Å². The van der Waals surface area contributed by atoms with Crippen LogP contribution in [0.1, 0.15) is 32.6 Å². The molecule has 1 aliphatic rings. The molecular weight excluding hydrogens is 214 g/mol. The fraction of sp³-hybridized carbons (Fsp3) is 0.923. The maximum atomic E-state index is 11.6. The van der Waals surface area contributed by atoms with Crippen molar-refractivity contribution in [3.63, 3.8) is 0 Å². The van der Waals surface area contributed by atoms with Gasteiger partial charge in [0.05, 0.1) is 6.54 Å². The van der Waals surface area contributed by atoms with Gasteiger partial charge in [0.15, 0.2) is 0 Å². The van der Waals surface area contributed by atoms with Gasteiger partial charge in [0, 0.05) is 20.1 Å². The first kappa shape index (κ1) is 14.5. The van der Waals surface area contributed by atoms with Crippen LogP contribution in [0.3, 0.4) is 0 Å². The number of hydrogen-bond acceptors (Lipinski definition) is 3. The second-order valence-electron chi connectivity index (χ2n) is 5.09. The number of carbonyl (C=O) groups is 1. The molecule has 1 aliphatic heterocycles. The molecule has 1 rings (SSSR count). The van der Waals surface area contributed by atoms with E-state index in [-0.39, 0.29) is 5.91 Å². The van der Waals surface area contributed by atoms with Crippen molar-refractivity contribution in [1.29, 1.82) is 0 Å². The molecule has 1 N–H and O–H groups in total. The highest BCUT2D eigenvalue weighted by Gasteiger charge is 2.15. The second-order valence-corrected chi connectivity index (χ2v) is 5.09. The number of likely N-dealkylation sites (N-methyl/N-ethyl adjacent to an activating group) is 2. The summed E-state index contributed by atoms with van der Waals surface area (Å²) in [7, 11) is 3.64. The van der Waals surface area contributed by atoms with Crippen LogP contribution in [0.15, 0.2) is 0 Å². The normalized spacial score (nSPS) is 19.9. The Labute approximate surface area is 105 Å². The summed E-state index contributed by atoms with van der Waals surface area (Å²) in [5.41, 5.74) is 0. The average molecular weight is 241 g/mol.